The minimum absolute atomic E-state index is 0.0935. The Morgan fingerprint density at radius 1 is 1.19 bits per heavy atom. The molecule has 1 aliphatic rings. The molecule has 2 heterocycles. The molecule has 1 unspecified atom stereocenters. The molecule has 9 heteroatoms. The molecule has 1 amide bonds. The van der Waals surface area contributed by atoms with Crippen LogP contribution in [-0.2, 0) is 11.3 Å². The van der Waals surface area contributed by atoms with E-state index in [9.17, 15) is 4.79 Å². The van der Waals surface area contributed by atoms with Crippen molar-refractivity contribution in [3.63, 3.8) is 0 Å². The number of carbonyl (C=O) groups excluding carboxylic acids is 1. The lowest BCUT2D eigenvalue weighted by atomic mass is 9.84. The zero-order valence-electron chi connectivity index (χ0n) is 20.8. The smallest absolute Gasteiger partial charge is 0.242 e. The largest absolute Gasteiger partial charge is 0.498 e. The number of benzene rings is 1. The van der Waals surface area contributed by atoms with Crippen molar-refractivity contribution in [2.45, 2.75) is 51.1 Å². The standard InChI is InChI=1S/C27H33N7O2/c1-28-21-12-11-20(23(16-21)36-3)18-30-26(35)22(15-19-9-5-4-6-10-19)31-24-17-25(33-27(29-2)32-24)34-13-7-8-14-34/h7-8,11-14,16-17,19,22H,4-6,9-10,15,18H2,2-3H3,(H,30,35)(H2,29,31,32,33). The van der Waals surface area contributed by atoms with Crippen LogP contribution in [-0.4, -0.2) is 40.6 Å². The zero-order valence-corrected chi connectivity index (χ0v) is 20.8. The summed E-state index contributed by atoms with van der Waals surface area (Å²) in [6, 6.07) is 10.5. The van der Waals surface area contributed by atoms with Crippen LogP contribution in [0.2, 0.25) is 0 Å². The van der Waals surface area contributed by atoms with Gasteiger partial charge in [-0.1, -0.05) is 44.2 Å². The Balaban J connectivity index is 1.54. The van der Waals surface area contributed by atoms with Crippen molar-refractivity contribution in [3.8, 4) is 11.6 Å². The van der Waals surface area contributed by atoms with Crippen LogP contribution < -0.4 is 20.7 Å². The summed E-state index contributed by atoms with van der Waals surface area (Å²) < 4.78 is 7.34. The second-order valence-corrected chi connectivity index (χ2v) is 9.04. The summed E-state index contributed by atoms with van der Waals surface area (Å²) >= 11 is 0. The van der Waals surface area contributed by atoms with Crippen molar-refractivity contribution >= 4 is 23.4 Å². The average Bonchev–Trinajstić information content (AvgIpc) is 3.47. The highest BCUT2D eigenvalue weighted by Gasteiger charge is 2.25. The van der Waals surface area contributed by atoms with Crippen molar-refractivity contribution in [2.75, 3.05) is 24.8 Å². The molecule has 0 bridgehead atoms. The van der Waals surface area contributed by atoms with Gasteiger partial charge in [0.2, 0.25) is 11.9 Å². The number of anilines is 2. The highest BCUT2D eigenvalue weighted by Crippen LogP contribution is 2.29. The average molecular weight is 488 g/mol. The van der Waals surface area contributed by atoms with Gasteiger partial charge in [0.25, 0.3) is 0 Å². The van der Waals surface area contributed by atoms with E-state index in [1.165, 1.54) is 19.3 Å². The van der Waals surface area contributed by atoms with Gasteiger partial charge in [-0.25, -0.2) is 4.85 Å². The first-order valence-corrected chi connectivity index (χ1v) is 12.4. The second-order valence-electron chi connectivity index (χ2n) is 9.04. The molecule has 1 fully saturated rings. The lowest BCUT2D eigenvalue weighted by molar-refractivity contribution is -0.122. The first kappa shape index (κ1) is 25.0. The van der Waals surface area contributed by atoms with Crippen LogP contribution >= 0.6 is 0 Å². The van der Waals surface area contributed by atoms with Crippen molar-refractivity contribution in [3.05, 3.63) is 65.8 Å². The molecule has 9 nitrogen and oxygen atoms in total. The molecule has 1 aromatic carbocycles. The van der Waals surface area contributed by atoms with E-state index < -0.39 is 6.04 Å². The summed E-state index contributed by atoms with van der Waals surface area (Å²) in [5, 5.41) is 9.48. The molecular formula is C27H33N7O2. The minimum atomic E-state index is -0.446. The number of aromatic nitrogens is 3. The molecule has 3 N–H and O–H groups in total. The highest BCUT2D eigenvalue weighted by atomic mass is 16.5. The van der Waals surface area contributed by atoms with Gasteiger partial charge >= 0.3 is 0 Å². The molecule has 0 spiro atoms. The maximum absolute atomic E-state index is 13.5. The Bertz CT molecular complexity index is 1200. The van der Waals surface area contributed by atoms with E-state index in [2.05, 4.69) is 30.8 Å². The monoisotopic (exact) mass is 487 g/mol. The van der Waals surface area contributed by atoms with Crippen LogP contribution in [0.5, 0.6) is 5.75 Å². The molecule has 1 aliphatic carbocycles. The molecule has 1 saturated carbocycles. The molecule has 0 aliphatic heterocycles. The molecule has 1 atom stereocenters. The number of rotatable bonds is 10. The minimum Gasteiger partial charge on any atom is -0.498 e. The van der Waals surface area contributed by atoms with Gasteiger partial charge in [0.1, 0.15) is 23.4 Å². The van der Waals surface area contributed by atoms with Crippen LogP contribution in [0.25, 0.3) is 10.7 Å². The zero-order chi connectivity index (χ0) is 25.3. The lowest BCUT2D eigenvalue weighted by Crippen LogP contribution is -2.41. The Hall–Kier alpha value is -4.06. The fourth-order valence-corrected chi connectivity index (χ4v) is 4.66. The predicted molar refractivity (Wildman–Crippen MR) is 141 cm³/mol. The second kappa shape index (κ2) is 12.1. The third-order valence-corrected chi connectivity index (χ3v) is 6.59. The maximum Gasteiger partial charge on any atom is 0.242 e. The summed E-state index contributed by atoms with van der Waals surface area (Å²) in [4.78, 5) is 26.0. The highest BCUT2D eigenvalue weighted by molar-refractivity contribution is 5.84. The van der Waals surface area contributed by atoms with E-state index in [0.717, 1.165) is 24.8 Å². The number of hydrogen-bond acceptors (Lipinski definition) is 6. The van der Waals surface area contributed by atoms with E-state index in [4.69, 9.17) is 11.3 Å². The van der Waals surface area contributed by atoms with Gasteiger partial charge in [0.05, 0.1) is 13.7 Å². The Kier molecular flexibility index (Phi) is 8.40. The van der Waals surface area contributed by atoms with Gasteiger partial charge in [0, 0.05) is 37.6 Å². The fourth-order valence-electron chi connectivity index (χ4n) is 4.66. The predicted octanol–water partition coefficient (Wildman–Crippen LogP) is 4.94. The molecule has 0 radical (unpaired) electrons. The molecular weight excluding hydrogens is 454 g/mol. The quantitative estimate of drug-likeness (QED) is 0.351. The van der Waals surface area contributed by atoms with E-state index >= 15 is 0 Å². The number of nitrogens with zero attached hydrogens (tertiary/aromatic N) is 4. The third-order valence-electron chi connectivity index (χ3n) is 6.59. The normalized spacial score (nSPS) is 14.5. The van der Waals surface area contributed by atoms with Crippen molar-refractivity contribution in [1.29, 1.82) is 0 Å². The molecule has 0 saturated heterocycles. The van der Waals surface area contributed by atoms with Gasteiger partial charge in [-0.15, -0.1) is 0 Å². The summed E-state index contributed by atoms with van der Waals surface area (Å²) in [6.45, 7) is 7.52. The molecule has 188 valence electrons. The molecule has 4 rings (SSSR count). The molecule has 36 heavy (non-hydrogen) atoms. The first-order valence-electron chi connectivity index (χ1n) is 12.4. The van der Waals surface area contributed by atoms with E-state index in [-0.39, 0.29) is 5.91 Å². The van der Waals surface area contributed by atoms with E-state index in [0.29, 0.717) is 41.5 Å². The Morgan fingerprint density at radius 2 is 1.97 bits per heavy atom. The topological polar surface area (TPSA) is 97.5 Å². The number of hydrogen-bond donors (Lipinski definition) is 3. The van der Waals surface area contributed by atoms with Crippen LogP contribution in [0.15, 0.2) is 48.8 Å². The number of nitrogens with one attached hydrogen (secondary N) is 3. The number of ether oxygens (including phenoxy) is 1. The molecule has 3 aromatic rings. The third kappa shape index (κ3) is 6.33. The van der Waals surface area contributed by atoms with Gasteiger partial charge in [-0.3, -0.25) is 4.79 Å². The lowest BCUT2D eigenvalue weighted by Gasteiger charge is -2.27. The SMILES string of the molecule is [C-]#[N+]c1ccc(CNC(=O)C(CC2CCCCC2)Nc2cc(-n3cccc3)nc(NC)n2)c(OC)c1. The fraction of sp³-hybridized carbons (Fsp3) is 0.407. The number of carbonyl (C=O) groups is 1. The van der Waals surface area contributed by atoms with Crippen molar-refractivity contribution in [1.82, 2.24) is 19.9 Å². The molecule has 2 aromatic heterocycles. The Morgan fingerprint density at radius 3 is 2.67 bits per heavy atom. The van der Waals surface area contributed by atoms with Crippen LogP contribution in [0.4, 0.5) is 17.5 Å². The summed E-state index contributed by atoms with van der Waals surface area (Å²) in [6.07, 6.45) is 10.5. The summed E-state index contributed by atoms with van der Waals surface area (Å²) in [7, 11) is 3.34. The maximum atomic E-state index is 13.5. The summed E-state index contributed by atoms with van der Waals surface area (Å²) in [5.41, 5.74) is 1.32. The Labute approximate surface area is 212 Å². The van der Waals surface area contributed by atoms with Crippen molar-refractivity contribution < 1.29 is 9.53 Å². The number of methoxy groups -OCH3 is 1. The number of amides is 1. The van der Waals surface area contributed by atoms with E-state index in [1.54, 1.807) is 26.3 Å². The van der Waals surface area contributed by atoms with Gasteiger partial charge < -0.3 is 25.3 Å². The summed E-state index contributed by atoms with van der Waals surface area (Å²) in [5.74, 6) is 2.76. The van der Waals surface area contributed by atoms with Crippen molar-refractivity contribution in [2.24, 2.45) is 5.92 Å². The van der Waals surface area contributed by atoms with Gasteiger partial charge in [-0.2, -0.15) is 9.97 Å². The van der Waals surface area contributed by atoms with Gasteiger partial charge in [0.15, 0.2) is 5.69 Å². The van der Waals surface area contributed by atoms with Gasteiger partial charge in [-0.05, 0) is 30.5 Å². The van der Waals surface area contributed by atoms with E-state index in [1.807, 2.05) is 41.2 Å². The van der Waals surface area contributed by atoms with Crippen LogP contribution in [0, 0.1) is 12.5 Å². The first-order chi connectivity index (χ1) is 17.6. The van der Waals surface area contributed by atoms with Crippen LogP contribution in [0.3, 0.4) is 0 Å². The van der Waals surface area contributed by atoms with Crippen LogP contribution in [0.1, 0.15) is 44.1 Å².